The van der Waals surface area contributed by atoms with Gasteiger partial charge in [0, 0.05) is 33.4 Å². The predicted octanol–water partition coefficient (Wildman–Crippen LogP) is 0.965. The highest BCUT2D eigenvalue weighted by Crippen LogP contribution is 2.07. The van der Waals surface area contributed by atoms with Crippen molar-refractivity contribution in [1.82, 2.24) is 4.57 Å². The van der Waals surface area contributed by atoms with Gasteiger partial charge in [0.2, 0.25) is 0 Å². The maximum absolute atomic E-state index is 10.1. The number of quaternary nitrogens is 1. The molecule has 0 saturated heterocycles. The van der Waals surface area contributed by atoms with Gasteiger partial charge in [0.25, 0.3) is 0 Å². The fourth-order valence-electron chi connectivity index (χ4n) is 3.11. The average Bonchev–Trinajstić information content (AvgIpc) is 3.03. The van der Waals surface area contributed by atoms with Gasteiger partial charge in [-0.3, -0.25) is 0 Å². The molecule has 138 valence electrons. The van der Waals surface area contributed by atoms with E-state index in [9.17, 15) is 5.11 Å². The lowest BCUT2D eigenvalue weighted by Gasteiger charge is -2.23. The number of nitrogens with zero attached hydrogens (tertiary/aromatic N) is 1. The molecule has 0 bridgehead atoms. The van der Waals surface area contributed by atoms with Crippen LogP contribution in [0.1, 0.15) is 17.7 Å². The zero-order valence-electron chi connectivity index (χ0n) is 15.4. The fraction of sp³-hybridized carbons (Fsp3) is 0.500. The summed E-state index contributed by atoms with van der Waals surface area (Å²) < 4.78 is 12.5. The van der Waals surface area contributed by atoms with E-state index in [4.69, 9.17) is 9.47 Å². The van der Waals surface area contributed by atoms with Gasteiger partial charge in [-0.2, -0.15) is 0 Å². The van der Waals surface area contributed by atoms with E-state index in [0.29, 0.717) is 13.2 Å². The first kappa shape index (κ1) is 19.7. The Balaban J connectivity index is 2.00. The van der Waals surface area contributed by atoms with E-state index in [1.807, 2.05) is 6.07 Å². The molecule has 2 atom stereocenters. The molecule has 5 heteroatoms. The van der Waals surface area contributed by atoms with Crippen molar-refractivity contribution in [2.45, 2.75) is 25.6 Å². The second-order valence-corrected chi connectivity index (χ2v) is 6.45. The number of aliphatic hydroxyl groups is 1. The highest BCUT2D eigenvalue weighted by atomic mass is 16.5. The van der Waals surface area contributed by atoms with E-state index in [0.717, 1.165) is 32.7 Å². The van der Waals surface area contributed by atoms with Crippen LogP contribution in [0.2, 0.25) is 0 Å². The monoisotopic (exact) mass is 347 g/mol. The molecule has 2 aromatic rings. The number of hydrogen-bond donors (Lipinski definition) is 2. The topological polar surface area (TPSA) is 48.1 Å². The Labute approximate surface area is 150 Å². The largest absolute Gasteiger partial charge is 0.385 e. The summed E-state index contributed by atoms with van der Waals surface area (Å²) in [5.74, 6) is 0. The molecule has 0 fully saturated rings. The second kappa shape index (κ2) is 11.1. The first-order chi connectivity index (χ1) is 12.2. The Bertz CT molecular complexity index is 586. The van der Waals surface area contributed by atoms with E-state index in [-0.39, 0.29) is 0 Å². The number of benzene rings is 1. The van der Waals surface area contributed by atoms with Crippen molar-refractivity contribution >= 4 is 0 Å². The molecule has 0 spiro atoms. The smallest absolute Gasteiger partial charge is 0.126 e. The molecule has 0 aliphatic heterocycles. The summed E-state index contributed by atoms with van der Waals surface area (Å²) >= 11 is 0. The first-order valence-electron chi connectivity index (χ1n) is 8.90. The fourth-order valence-corrected chi connectivity index (χ4v) is 3.11. The Morgan fingerprint density at radius 1 is 1.08 bits per heavy atom. The lowest BCUT2D eigenvalue weighted by atomic mass is 10.2. The van der Waals surface area contributed by atoms with Gasteiger partial charge < -0.3 is 24.0 Å². The van der Waals surface area contributed by atoms with Crippen LogP contribution in [-0.2, 0) is 22.6 Å². The molecule has 2 N–H and O–H groups in total. The number of methoxy groups -OCH3 is 2. The molecule has 1 aromatic carbocycles. The molecule has 5 nitrogen and oxygen atoms in total. The summed E-state index contributed by atoms with van der Waals surface area (Å²) in [5.41, 5.74) is 2.57. The lowest BCUT2D eigenvalue weighted by Crippen LogP contribution is -3.12. The van der Waals surface area contributed by atoms with Crippen molar-refractivity contribution in [2.24, 2.45) is 0 Å². The lowest BCUT2D eigenvalue weighted by molar-refractivity contribution is -0.917. The molecular formula is C20H31N2O3+. The number of rotatable bonds is 12. The van der Waals surface area contributed by atoms with Gasteiger partial charge in [-0.1, -0.05) is 30.3 Å². The molecule has 0 amide bonds. The third-order valence-electron chi connectivity index (χ3n) is 4.31. The summed E-state index contributed by atoms with van der Waals surface area (Å²) in [6, 6.07) is 14.7. The Morgan fingerprint density at radius 3 is 2.60 bits per heavy atom. The maximum Gasteiger partial charge on any atom is 0.126 e. The zero-order valence-corrected chi connectivity index (χ0v) is 15.4. The van der Waals surface area contributed by atoms with Gasteiger partial charge in [-0.15, -0.1) is 0 Å². The normalized spacial score (nSPS) is 13.7. The van der Waals surface area contributed by atoms with Gasteiger partial charge in [0.15, 0.2) is 0 Å². The van der Waals surface area contributed by atoms with Gasteiger partial charge in [0.05, 0.1) is 25.5 Å². The van der Waals surface area contributed by atoms with Crippen LogP contribution in [0.15, 0.2) is 48.7 Å². The number of aromatic nitrogens is 1. The predicted molar refractivity (Wildman–Crippen MR) is 98.8 cm³/mol. The molecule has 0 aliphatic carbocycles. The van der Waals surface area contributed by atoms with Crippen molar-refractivity contribution in [3.05, 3.63) is 59.9 Å². The van der Waals surface area contributed by atoms with Gasteiger partial charge in [-0.25, -0.2) is 0 Å². The number of nitrogens with one attached hydrogen (secondary N) is 1. The van der Waals surface area contributed by atoms with Gasteiger partial charge in [-0.05, 0) is 17.7 Å². The van der Waals surface area contributed by atoms with E-state index in [1.165, 1.54) is 16.2 Å². The molecule has 1 heterocycles. The Hall–Kier alpha value is -1.66. The first-order valence-corrected chi connectivity index (χ1v) is 8.90. The van der Waals surface area contributed by atoms with Crippen LogP contribution in [0, 0.1) is 0 Å². The number of aliphatic hydroxyl groups excluding tert-OH is 1. The van der Waals surface area contributed by atoms with Crippen LogP contribution in [-0.4, -0.2) is 56.3 Å². The molecule has 2 rings (SSSR count). The molecule has 1 unspecified atom stereocenters. The van der Waals surface area contributed by atoms with Gasteiger partial charge >= 0.3 is 0 Å². The van der Waals surface area contributed by atoms with E-state index < -0.39 is 6.10 Å². The molecule has 0 aliphatic rings. The van der Waals surface area contributed by atoms with Crippen LogP contribution < -0.4 is 4.90 Å². The van der Waals surface area contributed by atoms with Crippen LogP contribution in [0.4, 0.5) is 0 Å². The minimum Gasteiger partial charge on any atom is -0.385 e. The van der Waals surface area contributed by atoms with E-state index >= 15 is 0 Å². The van der Waals surface area contributed by atoms with E-state index in [1.54, 1.807) is 14.2 Å². The molecular weight excluding hydrogens is 316 g/mol. The minimum absolute atomic E-state index is 0.374. The van der Waals surface area contributed by atoms with Crippen molar-refractivity contribution < 1.29 is 19.5 Å². The third-order valence-corrected chi connectivity index (χ3v) is 4.31. The van der Waals surface area contributed by atoms with Crippen LogP contribution >= 0.6 is 0 Å². The summed E-state index contributed by atoms with van der Waals surface area (Å²) in [6.07, 6.45) is 2.66. The van der Waals surface area contributed by atoms with Crippen LogP contribution in [0.5, 0.6) is 0 Å². The standard InChI is InChI=1S/C20H30N2O3/c1-24-13-7-11-21(16-20(23)17-25-2)15-19-10-6-12-22(19)14-18-8-4-3-5-9-18/h3-6,8-10,12,20,23H,7,11,13-17H2,1-2H3/p+1/t20-/m1/s1. The SMILES string of the molecule is COCCC[NH+](Cc1cccn1Cc1ccccc1)C[C@@H](O)COC. The highest BCUT2D eigenvalue weighted by molar-refractivity contribution is 5.17. The molecule has 0 saturated carbocycles. The number of ether oxygens (including phenoxy) is 2. The quantitative estimate of drug-likeness (QED) is 0.563. The van der Waals surface area contributed by atoms with Crippen molar-refractivity contribution in [3.63, 3.8) is 0 Å². The summed E-state index contributed by atoms with van der Waals surface area (Å²) in [7, 11) is 3.35. The van der Waals surface area contributed by atoms with Crippen LogP contribution in [0.25, 0.3) is 0 Å². The van der Waals surface area contributed by atoms with Crippen molar-refractivity contribution in [2.75, 3.05) is 40.5 Å². The molecule has 25 heavy (non-hydrogen) atoms. The summed E-state index contributed by atoms with van der Waals surface area (Å²) in [4.78, 5) is 1.34. The highest BCUT2D eigenvalue weighted by Gasteiger charge is 2.17. The van der Waals surface area contributed by atoms with Crippen molar-refractivity contribution in [3.8, 4) is 0 Å². The molecule has 1 aromatic heterocycles. The Morgan fingerprint density at radius 2 is 1.88 bits per heavy atom. The van der Waals surface area contributed by atoms with E-state index in [2.05, 4.69) is 47.2 Å². The maximum atomic E-state index is 10.1. The van der Waals surface area contributed by atoms with Gasteiger partial charge in [0.1, 0.15) is 19.2 Å². The average molecular weight is 347 g/mol. The van der Waals surface area contributed by atoms with Crippen molar-refractivity contribution in [1.29, 1.82) is 0 Å². The Kier molecular flexibility index (Phi) is 8.69. The zero-order chi connectivity index (χ0) is 17.9. The second-order valence-electron chi connectivity index (χ2n) is 6.45. The summed E-state index contributed by atoms with van der Waals surface area (Å²) in [5, 5.41) is 10.1. The third kappa shape index (κ3) is 7.00. The van der Waals surface area contributed by atoms with Crippen LogP contribution in [0.3, 0.4) is 0 Å². The molecule has 0 radical (unpaired) electrons. The minimum atomic E-state index is -0.444. The summed E-state index contributed by atoms with van der Waals surface area (Å²) in [6.45, 7) is 4.51. The number of hydrogen-bond acceptors (Lipinski definition) is 3.